The molecule has 7 heteroatoms. The summed E-state index contributed by atoms with van der Waals surface area (Å²) in [6, 6.07) is 9.66. The van der Waals surface area contributed by atoms with Gasteiger partial charge in [0.05, 0.1) is 5.69 Å². The minimum Gasteiger partial charge on any atom is -0.365 e. The van der Waals surface area contributed by atoms with E-state index < -0.39 is 0 Å². The van der Waals surface area contributed by atoms with Crippen LogP contribution >= 0.6 is 0 Å². The van der Waals surface area contributed by atoms with Gasteiger partial charge in [0.2, 0.25) is 0 Å². The maximum atomic E-state index is 12.9. The van der Waals surface area contributed by atoms with E-state index in [-0.39, 0.29) is 18.0 Å². The van der Waals surface area contributed by atoms with Crippen LogP contribution < -0.4 is 10.6 Å². The number of aryl methyl sites for hydroxylation is 1. The highest BCUT2D eigenvalue weighted by atomic mass is 16.2. The van der Waals surface area contributed by atoms with Gasteiger partial charge in [0.15, 0.2) is 5.69 Å². The van der Waals surface area contributed by atoms with Crippen LogP contribution in [0, 0.1) is 6.92 Å². The summed E-state index contributed by atoms with van der Waals surface area (Å²) < 4.78 is 1.66. The molecule has 3 aromatic rings. The van der Waals surface area contributed by atoms with Crippen LogP contribution in [0.5, 0.6) is 0 Å². The molecular formula is C20H22N6O. The van der Waals surface area contributed by atoms with Crippen molar-refractivity contribution >= 4 is 11.7 Å². The van der Waals surface area contributed by atoms with Gasteiger partial charge in [-0.3, -0.25) is 4.79 Å². The lowest BCUT2D eigenvalue weighted by Crippen LogP contribution is -2.44. The fraction of sp³-hybridized carbons (Fsp3) is 0.300. The Bertz CT molecular complexity index is 906. The van der Waals surface area contributed by atoms with E-state index >= 15 is 0 Å². The average molecular weight is 362 g/mol. The fourth-order valence-corrected chi connectivity index (χ4v) is 3.45. The number of aromatic nitrogens is 4. The molecule has 1 aliphatic rings. The van der Waals surface area contributed by atoms with Crippen LogP contribution in [0.3, 0.4) is 0 Å². The van der Waals surface area contributed by atoms with E-state index in [2.05, 4.69) is 25.7 Å². The lowest BCUT2D eigenvalue weighted by atomic mass is 10.1. The summed E-state index contributed by atoms with van der Waals surface area (Å²) in [6.45, 7) is 2.01. The number of hydrogen-bond acceptors (Lipinski definition) is 5. The monoisotopic (exact) mass is 362 g/mol. The van der Waals surface area contributed by atoms with E-state index in [9.17, 15) is 4.79 Å². The largest absolute Gasteiger partial charge is 0.365 e. The average Bonchev–Trinajstić information content (AvgIpc) is 3.36. The quantitative estimate of drug-likeness (QED) is 0.729. The Balaban J connectivity index is 1.48. The topological polar surface area (TPSA) is 84.7 Å². The molecule has 0 aliphatic heterocycles. The molecule has 1 fully saturated rings. The Morgan fingerprint density at radius 2 is 2.00 bits per heavy atom. The number of pyridine rings is 2. The predicted molar refractivity (Wildman–Crippen MR) is 103 cm³/mol. The number of rotatable bonds is 5. The molecule has 1 amide bonds. The van der Waals surface area contributed by atoms with E-state index in [1.807, 2.05) is 37.4 Å². The molecule has 2 N–H and O–H groups in total. The SMILES string of the molecule is Cc1ccc(N[C@H]2CCC[C@@H]2NC(=O)c2ncccc2-n2cccn2)nc1. The molecule has 1 aliphatic carbocycles. The third-order valence-corrected chi connectivity index (χ3v) is 4.83. The first-order valence-electron chi connectivity index (χ1n) is 9.16. The highest BCUT2D eigenvalue weighted by Crippen LogP contribution is 2.23. The van der Waals surface area contributed by atoms with Crippen LogP contribution in [-0.2, 0) is 0 Å². The Hall–Kier alpha value is -3.22. The first-order valence-corrected chi connectivity index (χ1v) is 9.16. The lowest BCUT2D eigenvalue weighted by Gasteiger charge is -2.23. The van der Waals surface area contributed by atoms with Crippen molar-refractivity contribution in [2.24, 2.45) is 0 Å². The van der Waals surface area contributed by atoms with Gasteiger partial charge >= 0.3 is 0 Å². The Labute approximate surface area is 157 Å². The second kappa shape index (κ2) is 7.57. The van der Waals surface area contributed by atoms with Crippen molar-refractivity contribution in [3.05, 3.63) is 66.4 Å². The molecule has 4 rings (SSSR count). The molecule has 0 radical (unpaired) electrons. The second-order valence-corrected chi connectivity index (χ2v) is 6.80. The van der Waals surface area contributed by atoms with E-state index in [1.165, 1.54) is 0 Å². The Morgan fingerprint density at radius 1 is 1.11 bits per heavy atom. The fourth-order valence-electron chi connectivity index (χ4n) is 3.45. The maximum Gasteiger partial charge on any atom is 0.272 e. The highest BCUT2D eigenvalue weighted by molar-refractivity contribution is 5.96. The summed E-state index contributed by atoms with van der Waals surface area (Å²) in [5, 5.41) is 10.8. The minimum atomic E-state index is -0.184. The zero-order valence-electron chi connectivity index (χ0n) is 15.2. The number of amides is 1. The zero-order valence-corrected chi connectivity index (χ0v) is 15.2. The summed E-state index contributed by atoms with van der Waals surface area (Å²) in [5.41, 5.74) is 2.17. The summed E-state index contributed by atoms with van der Waals surface area (Å²) >= 11 is 0. The van der Waals surface area contributed by atoms with Crippen molar-refractivity contribution in [1.82, 2.24) is 25.1 Å². The minimum absolute atomic E-state index is 0.0353. The smallest absolute Gasteiger partial charge is 0.272 e. The number of hydrogen-bond donors (Lipinski definition) is 2. The van der Waals surface area contributed by atoms with Gasteiger partial charge in [0.1, 0.15) is 5.82 Å². The molecule has 3 heterocycles. The van der Waals surface area contributed by atoms with E-state index in [4.69, 9.17) is 0 Å². The van der Waals surface area contributed by atoms with Crippen molar-refractivity contribution in [3.8, 4) is 5.69 Å². The molecule has 7 nitrogen and oxygen atoms in total. The van der Waals surface area contributed by atoms with Crippen molar-refractivity contribution < 1.29 is 4.79 Å². The Morgan fingerprint density at radius 3 is 2.78 bits per heavy atom. The normalized spacial score (nSPS) is 19.0. The van der Waals surface area contributed by atoms with Crippen LogP contribution in [0.2, 0.25) is 0 Å². The summed E-state index contributed by atoms with van der Waals surface area (Å²) in [6.07, 6.45) is 9.94. The van der Waals surface area contributed by atoms with E-state index in [0.717, 1.165) is 30.6 Å². The molecule has 0 spiro atoms. The molecule has 3 aromatic heterocycles. The standard InChI is InChI=1S/C20H22N6O/c1-14-8-9-18(22-13-14)24-15-5-2-6-16(15)25-20(27)19-17(7-3-10-21-19)26-12-4-11-23-26/h3-4,7-13,15-16H,2,5-6H2,1H3,(H,22,24)(H,25,27)/t15-,16-/m0/s1. The van der Waals surface area contributed by atoms with Gasteiger partial charge in [-0.25, -0.2) is 14.6 Å². The summed E-state index contributed by atoms with van der Waals surface area (Å²) in [5.74, 6) is 0.651. The van der Waals surface area contributed by atoms with Crippen LogP contribution in [0.1, 0.15) is 35.3 Å². The third kappa shape index (κ3) is 3.81. The van der Waals surface area contributed by atoms with Crippen LogP contribution in [-0.4, -0.2) is 37.7 Å². The molecule has 27 heavy (non-hydrogen) atoms. The van der Waals surface area contributed by atoms with Crippen LogP contribution in [0.25, 0.3) is 5.69 Å². The molecule has 2 atom stereocenters. The summed E-state index contributed by atoms with van der Waals surface area (Å²) in [7, 11) is 0. The van der Waals surface area contributed by atoms with Gasteiger partial charge < -0.3 is 10.6 Å². The van der Waals surface area contributed by atoms with Gasteiger partial charge in [-0.05, 0) is 56.0 Å². The van der Waals surface area contributed by atoms with Gasteiger partial charge in [-0.15, -0.1) is 0 Å². The lowest BCUT2D eigenvalue weighted by molar-refractivity contribution is 0.0930. The number of nitrogens with one attached hydrogen (secondary N) is 2. The van der Waals surface area contributed by atoms with E-state index in [0.29, 0.717) is 11.4 Å². The van der Waals surface area contributed by atoms with Gasteiger partial charge in [0, 0.05) is 36.9 Å². The molecule has 0 unspecified atom stereocenters. The molecular weight excluding hydrogens is 340 g/mol. The molecule has 0 saturated heterocycles. The highest BCUT2D eigenvalue weighted by Gasteiger charge is 2.30. The second-order valence-electron chi connectivity index (χ2n) is 6.80. The Kier molecular flexibility index (Phi) is 4.82. The third-order valence-electron chi connectivity index (χ3n) is 4.83. The molecule has 138 valence electrons. The first-order chi connectivity index (χ1) is 13.2. The number of carbonyl (C=O) groups excluding carboxylic acids is 1. The van der Waals surface area contributed by atoms with Crippen LogP contribution in [0.4, 0.5) is 5.82 Å². The van der Waals surface area contributed by atoms with E-state index in [1.54, 1.807) is 29.3 Å². The summed E-state index contributed by atoms with van der Waals surface area (Å²) in [4.78, 5) is 21.6. The van der Waals surface area contributed by atoms with Gasteiger partial charge in [-0.1, -0.05) is 6.07 Å². The van der Waals surface area contributed by atoms with Crippen molar-refractivity contribution in [2.45, 2.75) is 38.3 Å². The maximum absolute atomic E-state index is 12.9. The van der Waals surface area contributed by atoms with Crippen molar-refractivity contribution in [1.29, 1.82) is 0 Å². The first kappa shape index (κ1) is 17.2. The van der Waals surface area contributed by atoms with Crippen LogP contribution in [0.15, 0.2) is 55.1 Å². The predicted octanol–water partition coefficient (Wildman–Crippen LogP) is 2.73. The zero-order chi connectivity index (χ0) is 18.6. The van der Waals surface area contributed by atoms with Gasteiger partial charge in [-0.2, -0.15) is 5.10 Å². The van der Waals surface area contributed by atoms with Crippen molar-refractivity contribution in [3.63, 3.8) is 0 Å². The number of nitrogens with zero attached hydrogens (tertiary/aromatic N) is 4. The van der Waals surface area contributed by atoms with Gasteiger partial charge in [0.25, 0.3) is 5.91 Å². The molecule has 0 aromatic carbocycles. The molecule has 0 bridgehead atoms. The molecule has 1 saturated carbocycles. The van der Waals surface area contributed by atoms with Crippen molar-refractivity contribution in [2.75, 3.05) is 5.32 Å². The number of anilines is 1. The number of carbonyl (C=O) groups is 1.